The van der Waals surface area contributed by atoms with Gasteiger partial charge in [-0.25, -0.2) is 4.98 Å². The number of hydrogen-bond donors (Lipinski definition) is 1. The summed E-state index contributed by atoms with van der Waals surface area (Å²) in [6.45, 7) is 3.08. The van der Waals surface area contributed by atoms with E-state index in [2.05, 4.69) is 10.3 Å². The Kier molecular flexibility index (Phi) is 5.22. The molecule has 2 aromatic heterocycles. The first-order valence-corrected chi connectivity index (χ1v) is 10.3. The molecule has 1 atom stereocenters. The number of carbonyl (C=O) groups excluding carboxylic acids is 1. The van der Waals surface area contributed by atoms with E-state index in [1.54, 1.807) is 30.3 Å². The Balaban J connectivity index is 1.73. The van der Waals surface area contributed by atoms with Gasteiger partial charge in [0.2, 0.25) is 0 Å². The Morgan fingerprint density at radius 1 is 1.46 bits per heavy atom. The first kappa shape index (κ1) is 19.1. The molecule has 28 heavy (non-hydrogen) atoms. The molecular weight excluding hydrogens is 396 g/mol. The van der Waals surface area contributed by atoms with Crippen molar-refractivity contribution in [2.24, 2.45) is 0 Å². The van der Waals surface area contributed by atoms with E-state index in [9.17, 15) is 9.59 Å². The summed E-state index contributed by atoms with van der Waals surface area (Å²) in [6.07, 6.45) is 5.21. The summed E-state index contributed by atoms with van der Waals surface area (Å²) in [4.78, 5) is 32.5. The Morgan fingerprint density at radius 2 is 2.29 bits per heavy atom. The van der Waals surface area contributed by atoms with Gasteiger partial charge in [0.15, 0.2) is 0 Å². The van der Waals surface area contributed by atoms with Gasteiger partial charge in [0, 0.05) is 19.9 Å². The monoisotopic (exact) mass is 416 g/mol. The second-order valence-corrected chi connectivity index (χ2v) is 8.42. The van der Waals surface area contributed by atoms with E-state index in [-0.39, 0.29) is 17.6 Å². The molecule has 0 aromatic carbocycles. The van der Waals surface area contributed by atoms with Crippen LogP contribution in [0.5, 0.6) is 0 Å². The molecule has 0 aliphatic carbocycles. The van der Waals surface area contributed by atoms with Crippen molar-refractivity contribution in [2.75, 3.05) is 25.5 Å². The van der Waals surface area contributed by atoms with Crippen molar-refractivity contribution in [3.8, 4) is 0 Å². The van der Waals surface area contributed by atoms with Gasteiger partial charge >= 0.3 is 0 Å². The molecule has 9 heteroatoms. The van der Waals surface area contributed by atoms with Crippen LogP contribution in [0.1, 0.15) is 24.0 Å². The summed E-state index contributed by atoms with van der Waals surface area (Å²) in [6, 6.07) is 3.70. The summed E-state index contributed by atoms with van der Waals surface area (Å²) in [5.74, 6) is 0.241. The molecule has 146 valence electrons. The summed E-state index contributed by atoms with van der Waals surface area (Å²) in [5.41, 5.74) is 1.58. The van der Waals surface area contributed by atoms with Crippen LogP contribution in [0.3, 0.4) is 0 Å². The molecular formula is C19H20N4O3S2. The van der Waals surface area contributed by atoms with Gasteiger partial charge in [-0.3, -0.25) is 18.9 Å². The highest BCUT2D eigenvalue weighted by Crippen LogP contribution is 2.34. The number of aryl methyl sites for hydroxylation is 1. The zero-order valence-corrected chi connectivity index (χ0v) is 17.2. The molecule has 1 amide bonds. The number of ether oxygens (including phenoxy) is 1. The highest BCUT2D eigenvalue weighted by atomic mass is 32.2. The Bertz CT molecular complexity index is 1060. The SMILES string of the molecule is CNc1nc2c(C)cccn2c(=O)c1/C=C1\SC(=S)N(CC2CCCO2)C1=O. The number of carbonyl (C=O) groups is 1. The first-order chi connectivity index (χ1) is 13.5. The normalized spacial score (nSPS) is 21.3. The fourth-order valence-corrected chi connectivity index (χ4v) is 4.67. The summed E-state index contributed by atoms with van der Waals surface area (Å²) >= 11 is 6.60. The van der Waals surface area contributed by atoms with Crippen molar-refractivity contribution in [3.05, 3.63) is 44.7 Å². The van der Waals surface area contributed by atoms with Gasteiger partial charge in [-0.2, -0.15) is 0 Å². The van der Waals surface area contributed by atoms with Gasteiger partial charge < -0.3 is 10.1 Å². The summed E-state index contributed by atoms with van der Waals surface area (Å²) in [5, 5.41) is 2.97. The average Bonchev–Trinajstić information content (AvgIpc) is 3.28. The summed E-state index contributed by atoms with van der Waals surface area (Å²) in [7, 11) is 1.70. The van der Waals surface area contributed by atoms with Crippen molar-refractivity contribution < 1.29 is 9.53 Å². The minimum atomic E-state index is -0.234. The molecule has 1 unspecified atom stereocenters. The number of fused-ring (bicyclic) bond motifs is 1. The molecule has 7 nitrogen and oxygen atoms in total. The number of anilines is 1. The highest BCUT2D eigenvalue weighted by molar-refractivity contribution is 8.26. The quantitative estimate of drug-likeness (QED) is 0.606. The van der Waals surface area contributed by atoms with Crippen LogP contribution in [-0.4, -0.2) is 50.8 Å². The second-order valence-electron chi connectivity index (χ2n) is 6.74. The van der Waals surface area contributed by atoms with Crippen LogP contribution in [0.25, 0.3) is 11.7 Å². The minimum Gasteiger partial charge on any atom is -0.376 e. The van der Waals surface area contributed by atoms with Crippen LogP contribution < -0.4 is 10.9 Å². The van der Waals surface area contributed by atoms with E-state index < -0.39 is 0 Å². The van der Waals surface area contributed by atoms with Crippen LogP contribution in [0.4, 0.5) is 5.82 Å². The topological polar surface area (TPSA) is 75.9 Å². The third-order valence-electron chi connectivity index (χ3n) is 4.88. The van der Waals surface area contributed by atoms with E-state index >= 15 is 0 Å². The van der Waals surface area contributed by atoms with E-state index in [1.807, 2.05) is 13.0 Å². The van der Waals surface area contributed by atoms with Gasteiger partial charge in [-0.05, 0) is 37.5 Å². The first-order valence-electron chi connectivity index (χ1n) is 9.06. The van der Waals surface area contributed by atoms with Gasteiger partial charge in [-0.15, -0.1) is 0 Å². The largest absolute Gasteiger partial charge is 0.376 e. The lowest BCUT2D eigenvalue weighted by Gasteiger charge is -2.18. The number of amides is 1. The van der Waals surface area contributed by atoms with Crippen molar-refractivity contribution in [3.63, 3.8) is 0 Å². The Labute approximate surface area is 171 Å². The number of nitrogens with zero attached hydrogens (tertiary/aromatic N) is 3. The minimum absolute atomic E-state index is 0.0191. The number of rotatable bonds is 4. The fraction of sp³-hybridized carbons (Fsp3) is 0.368. The van der Waals surface area contributed by atoms with E-state index in [0.29, 0.717) is 32.8 Å². The Morgan fingerprint density at radius 3 is 3.00 bits per heavy atom. The lowest BCUT2D eigenvalue weighted by Crippen LogP contribution is -2.35. The molecule has 4 heterocycles. The zero-order valence-electron chi connectivity index (χ0n) is 15.6. The Hall–Kier alpha value is -2.23. The van der Waals surface area contributed by atoms with Gasteiger partial charge in [0.05, 0.1) is 23.1 Å². The zero-order chi connectivity index (χ0) is 19.8. The van der Waals surface area contributed by atoms with Crippen LogP contribution in [0, 0.1) is 6.92 Å². The second kappa shape index (κ2) is 7.65. The maximum atomic E-state index is 13.0. The number of thioether (sulfide) groups is 1. The third-order valence-corrected chi connectivity index (χ3v) is 6.26. The molecule has 1 N–H and O–H groups in total. The number of pyridine rings is 1. The molecule has 0 spiro atoms. The smallest absolute Gasteiger partial charge is 0.267 e. The van der Waals surface area contributed by atoms with Gasteiger partial charge in [0.25, 0.3) is 11.5 Å². The number of hydrogen-bond acceptors (Lipinski definition) is 7. The lowest BCUT2D eigenvalue weighted by molar-refractivity contribution is -0.123. The molecule has 2 aliphatic rings. The predicted molar refractivity (Wildman–Crippen MR) is 115 cm³/mol. The number of nitrogens with one attached hydrogen (secondary N) is 1. The maximum absolute atomic E-state index is 13.0. The van der Waals surface area contributed by atoms with Crippen molar-refractivity contribution in [2.45, 2.75) is 25.9 Å². The summed E-state index contributed by atoms with van der Waals surface area (Å²) < 4.78 is 7.61. The molecule has 2 aromatic rings. The van der Waals surface area contributed by atoms with E-state index in [1.165, 1.54) is 16.2 Å². The molecule has 0 bridgehead atoms. The molecule has 2 aliphatic heterocycles. The molecule has 2 saturated heterocycles. The maximum Gasteiger partial charge on any atom is 0.267 e. The van der Waals surface area contributed by atoms with Crippen LogP contribution in [0.15, 0.2) is 28.0 Å². The van der Waals surface area contributed by atoms with Crippen molar-refractivity contribution in [1.82, 2.24) is 14.3 Å². The van der Waals surface area contributed by atoms with Crippen LogP contribution >= 0.6 is 24.0 Å². The predicted octanol–water partition coefficient (Wildman–Crippen LogP) is 2.42. The highest BCUT2D eigenvalue weighted by Gasteiger charge is 2.35. The van der Waals surface area contributed by atoms with Crippen LogP contribution in [0.2, 0.25) is 0 Å². The molecule has 0 radical (unpaired) electrons. The third kappa shape index (κ3) is 3.34. The molecule has 0 saturated carbocycles. The lowest BCUT2D eigenvalue weighted by atomic mass is 10.2. The number of thiocarbonyl (C=S) groups is 1. The van der Waals surface area contributed by atoms with Gasteiger partial charge in [-0.1, -0.05) is 30.0 Å². The van der Waals surface area contributed by atoms with Crippen LogP contribution in [-0.2, 0) is 9.53 Å². The fourth-order valence-electron chi connectivity index (χ4n) is 3.41. The number of aromatic nitrogens is 2. The van der Waals surface area contributed by atoms with E-state index in [0.717, 1.165) is 25.0 Å². The van der Waals surface area contributed by atoms with Crippen molar-refractivity contribution >= 4 is 51.7 Å². The van der Waals surface area contributed by atoms with Crippen molar-refractivity contribution in [1.29, 1.82) is 0 Å². The molecule has 4 rings (SSSR count). The van der Waals surface area contributed by atoms with E-state index in [4.69, 9.17) is 17.0 Å². The molecule has 2 fully saturated rings. The average molecular weight is 417 g/mol. The standard InChI is InChI=1S/C19H20N4O3S2/c1-11-5-3-7-22-16(11)21-15(20-2)13(17(22)24)9-14-18(25)23(19(27)28-14)10-12-6-4-8-26-12/h3,5,7,9,12,20H,4,6,8,10H2,1-2H3/b14-9-. The van der Waals surface area contributed by atoms with Gasteiger partial charge in [0.1, 0.15) is 15.8 Å².